The van der Waals surface area contributed by atoms with Gasteiger partial charge < -0.3 is 10.0 Å². The molecule has 2 N–H and O–H groups in total. The van der Waals surface area contributed by atoms with Gasteiger partial charge >= 0.3 is 5.97 Å². The Bertz CT molecular complexity index is 419. The monoisotopic (exact) mass is 234 g/mol. The molecule has 1 aliphatic heterocycles. The van der Waals surface area contributed by atoms with E-state index in [1.807, 2.05) is 30.3 Å². The van der Waals surface area contributed by atoms with Crippen LogP contribution in [0, 0.1) is 0 Å². The first-order valence-corrected chi connectivity index (χ1v) is 5.47. The molecular weight excluding hydrogens is 220 g/mol. The highest BCUT2D eigenvalue weighted by Gasteiger charge is 2.33. The van der Waals surface area contributed by atoms with Crippen LogP contribution in [0.5, 0.6) is 0 Å². The molecule has 2 rings (SSSR count). The van der Waals surface area contributed by atoms with Crippen LogP contribution in [0.15, 0.2) is 30.3 Å². The number of amides is 1. The zero-order valence-corrected chi connectivity index (χ0v) is 9.30. The maximum atomic E-state index is 11.9. The molecule has 0 spiro atoms. The molecule has 1 unspecified atom stereocenters. The van der Waals surface area contributed by atoms with E-state index in [1.165, 1.54) is 0 Å². The Morgan fingerprint density at radius 1 is 1.41 bits per heavy atom. The number of hydrogen-bond donors (Lipinski definition) is 2. The van der Waals surface area contributed by atoms with Crippen molar-refractivity contribution in [3.8, 4) is 0 Å². The predicted octanol–water partition coefficient (Wildman–Crippen LogP) is 0.0716. The molecule has 0 aromatic heterocycles. The minimum Gasteiger partial charge on any atom is -0.480 e. The SMILES string of the molecule is O=C(O)C1NCCN(Cc2ccccc2)C1=O. The smallest absolute Gasteiger partial charge is 0.330 e. The second kappa shape index (κ2) is 4.97. The van der Waals surface area contributed by atoms with E-state index in [2.05, 4.69) is 5.32 Å². The quantitative estimate of drug-likeness (QED) is 0.726. The van der Waals surface area contributed by atoms with Crippen LogP contribution in [-0.2, 0) is 16.1 Å². The number of piperazine rings is 1. The zero-order valence-electron chi connectivity index (χ0n) is 9.30. The van der Waals surface area contributed by atoms with Crippen LogP contribution in [0.2, 0.25) is 0 Å². The largest absolute Gasteiger partial charge is 0.480 e. The molecule has 5 heteroatoms. The summed E-state index contributed by atoms with van der Waals surface area (Å²) in [7, 11) is 0. The van der Waals surface area contributed by atoms with Gasteiger partial charge in [-0.15, -0.1) is 0 Å². The molecule has 1 saturated heterocycles. The van der Waals surface area contributed by atoms with Crippen molar-refractivity contribution in [3.05, 3.63) is 35.9 Å². The first-order chi connectivity index (χ1) is 8.18. The molecule has 1 aromatic carbocycles. The lowest BCUT2D eigenvalue weighted by molar-refractivity contribution is -0.150. The molecule has 90 valence electrons. The van der Waals surface area contributed by atoms with Crippen molar-refractivity contribution < 1.29 is 14.7 Å². The molecule has 0 bridgehead atoms. The van der Waals surface area contributed by atoms with Crippen LogP contribution in [0.1, 0.15) is 5.56 Å². The predicted molar refractivity (Wildman–Crippen MR) is 61.3 cm³/mol. The average Bonchev–Trinajstić information content (AvgIpc) is 2.33. The van der Waals surface area contributed by atoms with E-state index < -0.39 is 12.0 Å². The summed E-state index contributed by atoms with van der Waals surface area (Å²) in [5.41, 5.74) is 1.01. The Balaban J connectivity index is 2.06. The lowest BCUT2D eigenvalue weighted by atomic mass is 10.1. The maximum absolute atomic E-state index is 11.9. The van der Waals surface area contributed by atoms with Gasteiger partial charge in [0.25, 0.3) is 5.91 Å². The number of carboxylic acids is 1. The summed E-state index contributed by atoms with van der Waals surface area (Å²) < 4.78 is 0. The van der Waals surface area contributed by atoms with Gasteiger partial charge in [-0.3, -0.25) is 10.1 Å². The van der Waals surface area contributed by atoms with Crippen molar-refractivity contribution >= 4 is 11.9 Å². The highest BCUT2D eigenvalue weighted by molar-refractivity contribution is 6.01. The van der Waals surface area contributed by atoms with Gasteiger partial charge in [0, 0.05) is 19.6 Å². The van der Waals surface area contributed by atoms with Crippen LogP contribution in [-0.4, -0.2) is 41.0 Å². The molecule has 1 heterocycles. The zero-order chi connectivity index (χ0) is 12.3. The summed E-state index contributed by atoms with van der Waals surface area (Å²) in [5.74, 6) is -1.49. The van der Waals surface area contributed by atoms with Gasteiger partial charge in [0.2, 0.25) is 0 Å². The van der Waals surface area contributed by atoms with Gasteiger partial charge in [-0.25, -0.2) is 4.79 Å². The fourth-order valence-corrected chi connectivity index (χ4v) is 1.88. The summed E-state index contributed by atoms with van der Waals surface area (Å²) in [4.78, 5) is 24.3. The number of aliphatic carboxylic acids is 1. The second-order valence-corrected chi connectivity index (χ2v) is 3.97. The molecule has 1 aromatic rings. The minimum atomic E-state index is -1.12. The van der Waals surface area contributed by atoms with Crippen molar-refractivity contribution in [1.82, 2.24) is 10.2 Å². The van der Waals surface area contributed by atoms with Gasteiger partial charge in [0.05, 0.1) is 0 Å². The first-order valence-electron chi connectivity index (χ1n) is 5.47. The highest BCUT2D eigenvalue weighted by Crippen LogP contribution is 2.08. The van der Waals surface area contributed by atoms with E-state index in [4.69, 9.17) is 5.11 Å². The van der Waals surface area contributed by atoms with Crippen molar-refractivity contribution in [2.24, 2.45) is 0 Å². The normalized spacial score (nSPS) is 20.4. The van der Waals surface area contributed by atoms with E-state index in [1.54, 1.807) is 4.90 Å². The Morgan fingerprint density at radius 3 is 2.76 bits per heavy atom. The van der Waals surface area contributed by atoms with Crippen LogP contribution >= 0.6 is 0 Å². The third-order valence-electron chi connectivity index (χ3n) is 2.75. The minimum absolute atomic E-state index is 0.368. The second-order valence-electron chi connectivity index (χ2n) is 3.97. The molecule has 17 heavy (non-hydrogen) atoms. The number of nitrogens with one attached hydrogen (secondary N) is 1. The van der Waals surface area contributed by atoms with Crippen molar-refractivity contribution in [3.63, 3.8) is 0 Å². The van der Waals surface area contributed by atoms with Gasteiger partial charge in [-0.2, -0.15) is 0 Å². The van der Waals surface area contributed by atoms with Crippen molar-refractivity contribution in [2.75, 3.05) is 13.1 Å². The fourth-order valence-electron chi connectivity index (χ4n) is 1.88. The highest BCUT2D eigenvalue weighted by atomic mass is 16.4. The third-order valence-corrected chi connectivity index (χ3v) is 2.75. The van der Waals surface area contributed by atoms with Gasteiger partial charge in [0.15, 0.2) is 6.04 Å². The molecule has 0 aliphatic carbocycles. The van der Waals surface area contributed by atoms with E-state index in [-0.39, 0.29) is 5.91 Å². The van der Waals surface area contributed by atoms with E-state index >= 15 is 0 Å². The third kappa shape index (κ3) is 2.62. The molecule has 0 radical (unpaired) electrons. The molecule has 0 saturated carbocycles. The molecule has 1 atom stereocenters. The number of hydrogen-bond acceptors (Lipinski definition) is 3. The summed E-state index contributed by atoms with van der Waals surface area (Å²) in [6.07, 6.45) is 0. The lowest BCUT2D eigenvalue weighted by Gasteiger charge is -2.31. The van der Waals surface area contributed by atoms with E-state index in [0.29, 0.717) is 19.6 Å². The Kier molecular flexibility index (Phi) is 3.39. The van der Waals surface area contributed by atoms with E-state index in [0.717, 1.165) is 5.56 Å². The summed E-state index contributed by atoms with van der Waals surface area (Å²) in [6.45, 7) is 1.51. The van der Waals surface area contributed by atoms with Crippen LogP contribution in [0.25, 0.3) is 0 Å². The van der Waals surface area contributed by atoms with Crippen LogP contribution < -0.4 is 5.32 Å². The van der Waals surface area contributed by atoms with Gasteiger partial charge in [-0.05, 0) is 5.56 Å². The number of carboxylic acid groups (broad SMARTS) is 1. The van der Waals surface area contributed by atoms with Gasteiger partial charge in [-0.1, -0.05) is 30.3 Å². The Hall–Kier alpha value is -1.88. The standard InChI is InChI=1S/C12H14N2O3/c15-11-10(12(16)17)13-6-7-14(11)8-9-4-2-1-3-5-9/h1-5,10,13H,6-8H2,(H,16,17). The Morgan fingerprint density at radius 2 is 2.12 bits per heavy atom. The molecule has 1 amide bonds. The Labute approximate surface area is 99.0 Å². The maximum Gasteiger partial charge on any atom is 0.330 e. The van der Waals surface area contributed by atoms with E-state index in [9.17, 15) is 9.59 Å². The van der Waals surface area contributed by atoms with Gasteiger partial charge in [0.1, 0.15) is 0 Å². The first kappa shape index (κ1) is 11.6. The molecular formula is C12H14N2O3. The fraction of sp³-hybridized carbons (Fsp3) is 0.333. The van der Waals surface area contributed by atoms with Crippen LogP contribution in [0.3, 0.4) is 0 Å². The molecule has 1 aliphatic rings. The lowest BCUT2D eigenvalue weighted by Crippen LogP contribution is -2.57. The van der Waals surface area contributed by atoms with Crippen molar-refractivity contribution in [1.29, 1.82) is 0 Å². The molecule has 1 fully saturated rings. The summed E-state index contributed by atoms with van der Waals surface area (Å²) >= 11 is 0. The number of benzene rings is 1. The average molecular weight is 234 g/mol. The topological polar surface area (TPSA) is 69.6 Å². The molecule has 5 nitrogen and oxygen atoms in total. The number of carbonyl (C=O) groups is 2. The number of carbonyl (C=O) groups excluding carboxylic acids is 1. The van der Waals surface area contributed by atoms with Crippen LogP contribution in [0.4, 0.5) is 0 Å². The summed E-state index contributed by atoms with van der Waals surface area (Å²) in [5, 5.41) is 11.6. The number of nitrogens with zero attached hydrogens (tertiary/aromatic N) is 1. The number of rotatable bonds is 3. The summed E-state index contributed by atoms with van der Waals surface area (Å²) in [6, 6.07) is 8.44. The van der Waals surface area contributed by atoms with Crippen molar-refractivity contribution in [2.45, 2.75) is 12.6 Å².